The summed E-state index contributed by atoms with van der Waals surface area (Å²) in [6, 6.07) is 19.5. The van der Waals surface area contributed by atoms with Gasteiger partial charge >= 0.3 is 0 Å². The highest BCUT2D eigenvalue weighted by Crippen LogP contribution is 2.30. The van der Waals surface area contributed by atoms with Crippen LogP contribution in [0.5, 0.6) is 0 Å². The minimum absolute atomic E-state index is 0.323. The molecule has 0 fully saturated rings. The van der Waals surface area contributed by atoms with E-state index in [2.05, 4.69) is 91.3 Å². The topological polar surface area (TPSA) is 0 Å². The predicted molar refractivity (Wildman–Crippen MR) is 92.4 cm³/mol. The quantitative estimate of drug-likeness (QED) is 0.594. The van der Waals surface area contributed by atoms with Crippen molar-refractivity contribution in [2.75, 3.05) is 0 Å². The van der Waals surface area contributed by atoms with Crippen LogP contribution in [0.2, 0.25) is 0 Å². The number of alkyl halides is 1. The number of hydrogen-bond donors (Lipinski definition) is 0. The number of rotatable bonds is 4. The summed E-state index contributed by atoms with van der Waals surface area (Å²) < 4.78 is 0. The van der Waals surface area contributed by atoms with Crippen molar-refractivity contribution in [2.24, 2.45) is 5.41 Å². The monoisotopic (exact) mass is 330 g/mol. The van der Waals surface area contributed by atoms with Gasteiger partial charge in [-0.05, 0) is 34.9 Å². The Morgan fingerprint density at radius 1 is 0.850 bits per heavy atom. The number of hydrogen-bond acceptors (Lipinski definition) is 0. The zero-order valence-corrected chi connectivity index (χ0v) is 14.2. The summed E-state index contributed by atoms with van der Waals surface area (Å²) in [4.78, 5) is 0.559. The first-order chi connectivity index (χ1) is 9.47. The fourth-order valence-electron chi connectivity index (χ4n) is 2.22. The molecule has 0 N–H and O–H groups in total. The van der Waals surface area contributed by atoms with Crippen molar-refractivity contribution in [2.45, 2.75) is 38.4 Å². The zero-order valence-electron chi connectivity index (χ0n) is 12.6. The van der Waals surface area contributed by atoms with Gasteiger partial charge in [0.25, 0.3) is 0 Å². The maximum absolute atomic E-state index is 3.81. The van der Waals surface area contributed by atoms with E-state index in [1.165, 1.54) is 23.1 Å². The lowest BCUT2D eigenvalue weighted by molar-refractivity contribution is 0.386. The van der Waals surface area contributed by atoms with Gasteiger partial charge in [0.05, 0.1) is 0 Å². The third-order valence-electron chi connectivity index (χ3n) is 3.69. The molecule has 0 aromatic heterocycles. The number of benzene rings is 2. The first kappa shape index (κ1) is 15.3. The molecule has 0 aliphatic heterocycles. The Hall–Kier alpha value is -1.08. The van der Waals surface area contributed by atoms with E-state index in [-0.39, 0.29) is 0 Å². The van der Waals surface area contributed by atoms with E-state index < -0.39 is 0 Å². The molecule has 0 saturated heterocycles. The molecule has 0 amide bonds. The molecule has 0 bridgehead atoms. The van der Waals surface area contributed by atoms with Crippen LogP contribution >= 0.6 is 15.9 Å². The van der Waals surface area contributed by atoms with Crippen LogP contribution in [0.3, 0.4) is 0 Å². The molecule has 0 nitrogen and oxygen atoms in total. The molecule has 1 atom stereocenters. The Kier molecular flexibility index (Phi) is 5.04. The summed E-state index contributed by atoms with van der Waals surface area (Å²) in [7, 11) is 0. The van der Waals surface area contributed by atoms with Gasteiger partial charge in [-0.2, -0.15) is 0 Å². The maximum atomic E-state index is 3.81. The molecule has 2 rings (SSSR count). The molecule has 0 saturated carbocycles. The third-order valence-corrected chi connectivity index (χ3v) is 5.52. The van der Waals surface area contributed by atoms with Crippen LogP contribution in [0, 0.1) is 5.41 Å². The molecule has 0 spiro atoms. The van der Waals surface area contributed by atoms with Crippen LogP contribution in [-0.4, -0.2) is 4.83 Å². The van der Waals surface area contributed by atoms with Gasteiger partial charge in [0.2, 0.25) is 0 Å². The Bertz CT molecular complexity index is 520. The molecule has 0 aliphatic carbocycles. The highest BCUT2D eigenvalue weighted by atomic mass is 79.9. The molecule has 1 unspecified atom stereocenters. The molecule has 1 heteroatoms. The molecule has 2 aromatic rings. The third kappa shape index (κ3) is 4.21. The normalized spacial score (nSPS) is 13.2. The van der Waals surface area contributed by atoms with Gasteiger partial charge in [0, 0.05) is 4.83 Å². The van der Waals surface area contributed by atoms with Gasteiger partial charge in [0.15, 0.2) is 0 Å². The van der Waals surface area contributed by atoms with Crippen LogP contribution < -0.4 is 0 Å². The zero-order chi connectivity index (χ0) is 14.6. The van der Waals surface area contributed by atoms with Crippen molar-refractivity contribution in [1.82, 2.24) is 0 Å². The van der Waals surface area contributed by atoms with E-state index in [9.17, 15) is 0 Å². The average molecular weight is 331 g/mol. The average Bonchev–Trinajstić information content (AvgIpc) is 2.45. The lowest BCUT2D eigenvalue weighted by Gasteiger charge is -2.25. The van der Waals surface area contributed by atoms with Crippen LogP contribution in [0.1, 0.15) is 32.8 Å². The predicted octanol–water partition coefficient (Wildman–Crippen LogP) is 6.10. The second-order valence-corrected chi connectivity index (χ2v) is 7.54. The summed E-state index contributed by atoms with van der Waals surface area (Å²) in [5, 5.41) is 0. The second-order valence-electron chi connectivity index (χ2n) is 6.44. The molecule has 20 heavy (non-hydrogen) atoms. The van der Waals surface area contributed by atoms with E-state index >= 15 is 0 Å². The number of aryl methyl sites for hydroxylation is 1. The Labute approximate surface area is 131 Å². The van der Waals surface area contributed by atoms with Gasteiger partial charge in [-0.3, -0.25) is 0 Å². The minimum Gasteiger partial charge on any atom is -0.0885 e. The van der Waals surface area contributed by atoms with E-state index in [0.29, 0.717) is 10.2 Å². The van der Waals surface area contributed by atoms with E-state index in [1.807, 2.05) is 0 Å². The first-order valence-electron chi connectivity index (χ1n) is 7.25. The highest BCUT2D eigenvalue weighted by molar-refractivity contribution is 9.09. The summed E-state index contributed by atoms with van der Waals surface area (Å²) in [6.45, 7) is 6.85. The van der Waals surface area contributed by atoms with Gasteiger partial charge in [-0.15, -0.1) is 0 Å². The summed E-state index contributed by atoms with van der Waals surface area (Å²) in [6.07, 6.45) is 2.30. The molecule has 2 aromatic carbocycles. The van der Waals surface area contributed by atoms with E-state index in [1.54, 1.807) is 0 Å². The van der Waals surface area contributed by atoms with Crippen LogP contribution in [0.15, 0.2) is 54.6 Å². The number of halogens is 1. The first-order valence-corrected chi connectivity index (χ1v) is 8.17. The van der Waals surface area contributed by atoms with Crippen LogP contribution in [0.4, 0.5) is 0 Å². The van der Waals surface area contributed by atoms with Crippen molar-refractivity contribution in [3.05, 3.63) is 60.2 Å². The standard InChI is InChI=1S/C19H23Br/c1-19(2,3)18(20)14-11-15-9-12-17(13-10-15)16-7-5-4-6-8-16/h4-10,12-13,18H,11,14H2,1-3H3. The van der Waals surface area contributed by atoms with E-state index in [0.717, 1.165) is 6.42 Å². The second kappa shape index (κ2) is 6.58. The highest BCUT2D eigenvalue weighted by Gasteiger charge is 2.21. The van der Waals surface area contributed by atoms with Crippen molar-refractivity contribution in [3.63, 3.8) is 0 Å². The van der Waals surface area contributed by atoms with Gasteiger partial charge < -0.3 is 0 Å². The van der Waals surface area contributed by atoms with Crippen LogP contribution in [0.25, 0.3) is 11.1 Å². The molecule has 0 heterocycles. The largest absolute Gasteiger partial charge is 0.0885 e. The molecule has 0 radical (unpaired) electrons. The Morgan fingerprint density at radius 3 is 1.95 bits per heavy atom. The van der Waals surface area contributed by atoms with Crippen molar-refractivity contribution >= 4 is 15.9 Å². The van der Waals surface area contributed by atoms with Gasteiger partial charge in [-0.1, -0.05) is 91.3 Å². The fraction of sp³-hybridized carbons (Fsp3) is 0.368. The summed E-state index contributed by atoms with van der Waals surface area (Å²) in [5.74, 6) is 0. The summed E-state index contributed by atoms with van der Waals surface area (Å²) in [5.41, 5.74) is 4.32. The van der Waals surface area contributed by atoms with Crippen LogP contribution in [-0.2, 0) is 6.42 Å². The Balaban J connectivity index is 1.99. The fourth-order valence-corrected chi connectivity index (χ4v) is 2.45. The van der Waals surface area contributed by atoms with E-state index in [4.69, 9.17) is 0 Å². The van der Waals surface area contributed by atoms with Crippen molar-refractivity contribution in [3.8, 4) is 11.1 Å². The SMILES string of the molecule is CC(C)(C)C(Br)CCc1ccc(-c2ccccc2)cc1. The van der Waals surface area contributed by atoms with Crippen molar-refractivity contribution < 1.29 is 0 Å². The van der Waals surface area contributed by atoms with Gasteiger partial charge in [-0.25, -0.2) is 0 Å². The van der Waals surface area contributed by atoms with Gasteiger partial charge in [0.1, 0.15) is 0 Å². The molecular weight excluding hydrogens is 308 g/mol. The lowest BCUT2D eigenvalue weighted by atomic mass is 9.88. The molecular formula is C19H23Br. The Morgan fingerprint density at radius 2 is 1.40 bits per heavy atom. The maximum Gasteiger partial charge on any atom is 0.0197 e. The van der Waals surface area contributed by atoms with Crippen molar-refractivity contribution in [1.29, 1.82) is 0 Å². The minimum atomic E-state index is 0.323. The lowest BCUT2D eigenvalue weighted by Crippen LogP contribution is -2.20. The smallest absolute Gasteiger partial charge is 0.0197 e. The summed E-state index contributed by atoms with van der Waals surface area (Å²) >= 11 is 3.81. The molecule has 0 aliphatic rings. The molecule has 106 valence electrons.